The van der Waals surface area contributed by atoms with Crippen molar-refractivity contribution in [1.29, 1.82) is 0 Å². The maximum Gasteiger partial charge on any atom is 0.337 e. The molecular formula is C22H24ClF2NO4. The summed E-state index contributed by atoms with van der Waals surface area (Å²) in [6, 6.07) is 4.13. The number of allylic oxidation sites excluding steroid dienone is 2. The topological polar surface area (TPSA) is 64.6 Å². The van der Waals surface area contributed by atoms with E-state index in [4.69, 9.17) is 21.1 Å². The van der Waals surface area contributed by atoms with E-state index in [1.54, 1.807) is 13.8 Å². The minimum Gasteiger partial charge on any atom is -0.459 e. The van der Waals surface area contributed by atoms with Crippen LogP contribution in [0.25, 0.3) is 0 Å². The first kappa shape index (κ1) is 22.3. The highest BCUT2D eigenvalue weighted by Crippen LogP contribution is 2.43. The number of benzene rings is 1. The van der Waals surface area contributed by atoms with Crippen LogP contribution in [-0.2, 0) is 19.1 Å². The lowest BCUT2D eigenvalue weighted by atomic mass is 9.80. The zero-order valence-corrected chi connectivity index (χ0v) is 17.7. The van der Waals surface area contributed by atoms with Crippen LogP contribution in [0, 0.1) is 5.82 Å². The third kappa shape index (κ3) is 4.51. The molecule has 1 aliphatic carbocycles. The summed E-state index contributed by atoms with van der Waals surface area (Å²) in [6.07, 6.45) is 3.24. The number of carbonyl (C=O) groups is 2. The van der Waals surface area contributed by atoms with Crippen molar-refractivity contribution in [2.24, 2.45) is 0 Å². The third-order valence-corrected chi connectivity index (χ3v) is 5.70. The minimum absolute atomic E-state index is 0.000535. The molecule has 162 valence electrons. The number of dihydropyridines is 1. The smallest absolute Gasteiger partial charge is 0.337 e. The van der Waals surface area contributed by atoms with Crippen LogP contribution in [0.2, 0.25) is 5.02 Å². The molecule has 5 nitrogen and oxygen atoms in total. The van der Waals surface area contributed by atoms with Gasteiger partial charge in [0, 0.05) is 22.0 Å². The molecule has 1 aromatic rings. The zero-order chi connectivity index (χ0) is 21.8. The Bertz CT molecular complexity index is 886. The Morgan fingerprint density at radius 3 is 2.37 bits per heavy atom. The SMILES string of the molecule is CC1=C(C(=O)OCCF)C(c2c(F)cccc2Cl)C(C(=O)OC2CCCC2)=C(C)N1. The van der Waals surface area contributed by atoms with Gasteiger partial charge < -0.3 is 14.8 Å². The predicted octanol–water partition coefficient (Wildman–Crippen LogP) is 4.71. The fourth-order valence-electron chi connectivity index (χ4n) is 4.04. The van der Waals surface area contributed by atoms with Crippen molar-refractivity contribution >= 4 is 23.5 Å². The number of rotatable bonds is 6. The number of hydrogen-bond donors (Lipinski definition) is 1. The average molecular weight is 440 g/mol. The summed E-state index contributed by atoms with van der Waals surface area (Å²) in [5.74, 6) is -3.29. The number of esters is 2. The van der Waals surface area contributed by atoms with E-state index in [9.17, 15) is 18.4 Å². The van der Waals surface area contributed by atoms with Gasteiger partial charge in [-0.15, -0.1) is 0 Å². The van der Waals surface area contributed by atoms with E-state index in [0.717, 1.165) is 25.7 Å². The molecule has 1 unspecified atom stereocenters. The van der Waals surface area contributed by atoms with Crippen molar-refractivity contribution in [3.8, 4) is 0 Å². The van der Waals surface area contributed by atoms with Crippen LogP contribution in [-0.4, -0.2) is 31.3 Å². The second kappa shape index (κ2) is 9.60. The molecule has 1 aliphatic heterocycles. The Morgan fingerprint density at radius 2 is 1.77 bits per heavy atom. The maximum absolute atomic E-state index is 14.9. The van der Waals surface area contributed by atoms with Crippen LogP contribution >= 0.6 is 11.6 Å². The Hall–Kier alpha value is -2.41. The van der Waals surface area contributed by atoms with Gasteiger partial charge >= 0.3 is 11.9 Å². The van der Waals surface area contributed by atoms with Crippen LogP contribution in [0.3, 0.4) is 0 Å². The summed E-state index contributed by atoms with van der Waals surface area (Å²) in [5, 5.41) is 3.04. The molecule has 1 N–H and O–H groups in total. The number of hydrogen-bond acceptors (Lipinski definition) is 5. The molecule has 0 saturated heterocycles. The Kier molecular flexibility index (Phi) is 7.13. The summed E-state index contributed by atoms with van der Waals surface area (Å²) >= 11 is 6.30. The minimum atomic E-state index is -1.14. The first-order valence-electron chi connectivity index (χ1n) is 9.91. The molecule has 0 amide bonds. The van der Waals surface area contributed by atoms with Crippen LogP contribution in [0.4, 0.5) is 8.78 Å². The van der Waals surface area contributed by atoms with Gasteiger partial charge in [-0.2, -0.15) is 0 Å². The summed E-state index contributed by atoms with van der Waals surface area (Å²) in [4.78, 5) is 25.9. The molecule has 2 aliphatic rings. The lowest BCUT2D eigenvalue weighted by Crippen LogP contribution is -2.34. The summed E-state index contributed by atoms with van der Waals surface area (Å²) < 4.78 is 38.1. The highest BCUT2D eigenvalue weighted by molar-refractivity contribution is 6.31. The number of alkyl halides is 1. The van der Waals surface area contributed by atoms with Crippen molar-refractivity contribution in [2.75, 3.05) is 13.3 Å². The lowest BCUT2D eigenvalue weighted by molar-refractivity contribution is -0.144. The van der Waals surface area contributed by atoms with Crippen molar-refractivity contribution < 1.29 is 27.8 Å². The van der Waals surface area contributed by atoms with Crippen molar-refractivity contribution in [3.63, 3.8) is 0 Å². The van der Waals surface area contributed by atoms with E-state index in [2.05, 4.69) is 5.32 Å². The van der Waals surface area contributed by atoms with Gasteiger partial charge in [0.25, 0.3) is 0 Å². The highest BCUT2D eigenvalue weighted by Gasteiger charge is 2.41. The largest absolute Gasteiger partial charge is 0.459 e. The van der Waals surface area contributed by atoms with E-state index in [0.29, 0.717) is 11.4 Å². The second-order valence-corrected chi connectivity index (χ2v) is 7.81. The molecule has 1 aromatic carbocycles. The van der Waals surface area contributed by atoms with Crippen molar-refractivity contribution in [3.05, 3.63) is 57.1 Å². The van der Waals surface area contributed by atoms with Crippen LogP contribution in [0.15, 0.2) is 40.7 Å². The van der Waals surface area contributed by atoms with E-state index in [-0.39, 0.29) is 27.8 Å². The van der Waals surface area contributed by atoms with Gasteiger partial charge in [-0.3, -0.25) is 0 Å². The standard InChI is InChI=1S/C22H24ClF2NO4/c1-12-17(21(27)29-11-10-24)20(19-15(23)8-5-9-16(19)25)18(13(2)26-12)22(28)30-14-6-3-4-7-14/h5,8-9,14,20,26H,3-4,6-7,10-11H2,1-2H3. The highest BCUT2D eigenvalue weighted by atomic mass is 35.5. The molecule has 0 aromatic heterocycles. The monoisotopic (exact) mass is 439 g/mol. The number of nitrogens with one attached hydrogen (secondary N) is 1. The van der Waals surface area contributed by atoms with Crippen LogP contribution < -0.4 is 5.32 Å². The van der Waals surface area contributed by atoms with Crippen molar-refractivity contribution in [2.45, 2.75) is 51.6 Å². The second-order valence-electron chi connectivity index (χ2n) is 7.41. The predicted molar refractivity (Wildman–Crippen MR) is 108 cm³/mol. The van der Waals surface area contributed by atoms with Gasteiger partial charge in [-0.1, -0.05) is 17.7 Å². The molecule has 1 saturated carbocycles. The molecule has 0 radical (unpaired) electrons. The Labute approximate surface area is 179 Å². The summed E-state index contributed by atoms with van der Waals surface area (Å²) in [7, 11) is 0. The van der Waals surface area contributed by atoms with Gasteiger partial charge in [0.2, 0.25) is 0 Å². The van der Waals surface area contributed by atoms with Crippen LogP contribution in [0.5, 0.6) is 0 Å². The van der Waals surface area contributed by atoms with Gasteiger partial charge in [0.05, 0.1) is 17.1 Å². The molecule has 1 atom stereocenters. The molecule has 8 heteroatoms. The third-order valence-electron chi connectivity index (χ3n) is 5.37. The van der Waals surface area contributed by atoms with Gasteiger partial charge in [0.1, 0.15) is 25.2 Å². The summed E-state index contributed by atoms with van der Waals surface area (Å²) in [5.41, 5.74) is 0.871. The Balaban J connectivity index is 2.10. The normalized spacial score (nSPS) is 19.7. The van der Waals surface area contributed by atoms with Gasteiger partial charge in [-0.25, -0.2) is 18.4 Å². The molecule has 30 heavy (non-hydrogen) atoms. The van der Waals surface area contributed by atoms with Gasteiger partial charge in [0.15, 0.2) is 0 Å². The van der Waals surface area contributed by atoms with Gasteiger partial charge in [-0.05, 0) is 51.7 Å². The molecular weight excluding hydrogens is 416 g/mol. The number of ether oxygens (including phenoxy) is 2. The quantitative estimate of drug-likeness (QED) is 0.650. The van der Waals surface area contributed by atoms with E-state index < -0.39 is 37.0 Å². The molecule has 1 heterocycles. The fourth-order valence-corrected chi connectivity index (χ4v) is 4.31. The summed E-state index contributed by atoms with van der Waals surface area (Å²) in [6.45, 7) is 1.95. The number of carbonyl (C=O) groups excluding carboxylic acids is 2. The molecule has 0 bridgehead atoms. The number of halogens is 3. The molecule has 1 fully saturated rings. The maximum atomic E-state index is 14.9. The first-order chi connectivity index (χ1) is 14.3. The average Bonchev–Trinajstić information content (AvgIpc) is 3.18. The first-order valence-corrected chi connectivity index (χ1v) is 10.3. The fraction of sp³-hybridized carbons (Fsp3) is 0.455. The van der Waals surface area contributed by atoms with Crippen molar-refractivity contribution in [1.82, 2.24) is 5.32 Å². The lowest BCUT2D eigenvalue weighted by Gasteiger charge is -2.31. The van der Waals surface area contributed by atoms with Crippen LogP contribution in [0.1, 0.15) is 51.0 Å². The Morgan fingerprint density at radius 1 is 1.13 bits per heavy atom. The molecule has 3 rings (SSSR count). The van der Waals surface area contributed by atoms with E-state index in [1.165, 1.54) is 18.2 Å². The zero-order valence-electron chi connectivity index (χ0n) is 16.9. The molecule has 0 spiro atoms. The van der Waals surface area contributed by atoms with E-state index in [1.807, 2.05) is 0 Å². The van der Waals surface area contributed by atoms with E-state index >= 15 is 0 Å².